The molecular weight excluding hydrogens is 496 g/mol. The fourth-order valence-electron chi connectivity index (χ4n) is 2.92. The van der Waals surface area contributed by atoms with Gasteiger partial charge >= 0.3 is 5.97 Å². The fraction of sp³-hybridized carbons (Fsp3) is 0.333. The number of carbonyl (C=O) groups is 2. The van der Waals surface area contributed by atoms with Crippen molar-refractivity contribution in [3.8, 4) is 6.07 Å². The number of hydrogen-bond acceptors (Lipinski definition) is 8. The highest BCUT2D eigenvalue weighted by molar-refractivity contribution is 9.11. The van der Waals surface area contributed by atoms with Crippen molar-refractivity contribution in [2.75, 3.05) is 5.75 Å². The molecule has 156 valence electrons. The quantitative estimate of drug-likeness (QED) is 0.193. The summed E-state index contributed by atoms with van der Waals surface area (Å²) < 4.78 is 5.88. The Kier molecular flexibility index (Phi) is 7.06. The summed E-state index contributed by atoms with van der Waals surface area (Å²) in [6, 6.07) is 7.12. The fourth-order valence-corrected chi connectivity index (χ4v) is 5.09. The van der Waals surface area contributed by atoms with Crippen molar-refractivity contribution in [2.24, 2.45) is 0 Å². The van der Waals surface area contributed by atoms with Gasteiger partial charge in [-0.1, -0.05) is 28.1 Å². The first-order valence-corrected chi connectivity index (χ1v) is 11.0. The highest BCUT2D eigenvalue weighted by Gasteiger charge is 2.53. The number of fused-ring (bicyclic) bond motifs is 1. The van der Waals surface area contributed by atoms with Gasteiger partial charge < -0.3 is 10.1 Å². The molecule has 1 aromatic carbocycles. The van der Waals surface area contributed by atoms with E-state index in [0.29, 0.717) is 27.2 Å². The zero-order valence-corrected chi connectivity index (χ0v) is 18.6. The Balaban J connectivity index is 1.63. The van der Waals surface area contributed by atoms with E-state index in [-0.39, 0.29) is 35.7 Å². The van der Waals surface area contributed by atoms with Crippen molar-refractivity contribution < 1.29 is 19.2 Å². The summed E-state index contributed by atoms with van der Waals surface area (Å²) in [5.74, 6) is -0.477. The summed E-state index contributed by atoms with van der Waals surface area (Å²) in [4.78, 5) is 37.3. The van der Waals surface area contributed by atoms with Gasteiger partial charge in [-0.25, -0.2) is 4.79 Å². The molecule has 2 aliphatic rings. The molecule has 30 heavy (non-hydrogen) atoms. The van der Waals surface area contributed by atoms with Crippen LogP contribution in [0.25, 0.3) is 0 Å². The Morgan fingerprint density at radius 2 is 2.17 bits per heavy atom. The van der Waals surface area contributed by atoms with E-state index in [0.717, 1.165) is 0 Å². The number of rotatable bonds is 7. The van der Waals surface area contributed by atoms with Crippen molar-refractivity contribution in [3.05, 3.63) is 50.1 Å². The smallest absolute Gasteiger partial charge is 0.356 e. The van der Waals surface area contributed by atoms with Crippen LogP contribution in [0.1, 0.15) is 18.4 Å². The summed E-state index contributed by atoms with van der Waals surface area (Å²) in [5.41, 5.74) is 0.677. The predicted octanol–water partition coefficient (Wildman–Crippen LogP) is 2.75. The SMILES string of the molecule is N#CCCC(=S)NC1C(=O)N2C(C(=O)OCc3ccc([N+](=O)[O-])cc3)=C(Br)CS[C@H]12. The van der Waals surface area contributed by atoms with Crippen LogP contribution in [-0.4, -0.2) is 43.9 Å². The Morgan fingerprint density at radius 1 is 1.47 bits per heavy atom. The maximum absolute atomic E-state index is 12.7. The number of ether oxygens (including phenoxy) is 1. The van der Waals surface area contributed by atoms with Gasteiger partial charge in [0.2, 0.25) is 0 Å². The topological polar surface area (TPSA) is 126 Å². The predicted molar refractivity (Wildman–Crippen MR) is 116 cm³/mol. The largest absolute Gasteiger partial charge is 0.456 e. The second-order valence-electron chi connectivity index (χ2n) is 6.37. The average Bonchev–Trinajstić information content (AvgIpc) is 2.74. The number of nitrogens with one attached hydrogen (secondary N) is 1. The van der Waals surface area contributed by atoms with Crippen LogP contribution in [-0.2, 0) is 20.9 Å². The van der Waals surface area contributed by atoms with E-state index in [2.05, 4.69) is 21.2 Å². The molecule has 1 N–H and O–H groups in total. The molecule has 2 aliphatic heterocycles. The number of benzene rings is 1. The zero-order chi connectivity index (χ0) is 21.8. The maximum Gasteiger partial charge on any atom is 0.356 e. The first kappa shape index (κ1) is 22.2. The second-order valence-corrected chi connectivity index (χ2v) is 8.92. The number of nitrogens with zero attached hydrogens (tertiary/aromatic N) is 3. The molecule has 1 saturated heterocycles. The first-order valence-electron chi connectivity index (χ1n) is 8.73. The highest BCUT2D eigenvalue weighted by atomic mass is 79.9. The molecule has 0 spiro atoms. The number of amides is 1. The molecule has 1 amide bonds. The number of halogens is 1. The maximum atomic E-state index is 12.7. The van der Waals surface area contributed by atoms with Gasteiger partial charge in [0.15, 0.2) is 0 Å². The minimum atomic E-state index is -0.663. The number of carbonyl (C=O) groups excluding carboxylic acids is 2. The van der Waals surface area contributed by atoms with Gasteiger partial charge in [0.05, 0.1) is 16.0 Å². The lowest BCUT2D eigenvalue weighted by Gasteiger charge is -2.49. The van der Waals surface area contributed by atoms with E-state index < -0.39 is 16.9 Å². The van der Waals surface area contributed by atoms with E-state index in [4.69, 9.17) is 22.2 Å². The van der Waals surface area contributed by atoms with Gasteiger partial charge in [-0.05, 0) is 17.7 Å². The van der Waals surface area contributed by atoms with Crippen LogP contribution in [0.3, 0.4) is 0 Å². The van der Waals surface area contributed by atoms with Crippen molar-refractivity contribution >= 4 is 62.5 Å². The number of non-ortho nitro benzene ring substituents is 1. The lowest BCUT2D eigenvalue weighted by Crippen LogP contribution is -2.70. The highest BCUT2D eigenvalue weighted by Crippen LogP contribution is 2.42. The number of thioether (sulfide) groups is 1. The monoisotopic (exact) mass is 510 g/mol. The molecular formula is C18H15BrN4O5S2. The first-order chi connectivity index (χ1) is 14.3. The third kappa shape index (κ3) is 4.63. The van der Waals surface area contributed by atoms with Crippen molar-refractivity contribution in [2.45, 2.75) is 30.9 Å². The molecule has 0 bridgehead atoms. The van der Waals surface area contributed by atoms with Crippen LogP contribution < -0.4 is 5.32 Å². The normalized spacial score (nSPS) is 20.0. The number of esters is 1. The number of thiocarbonyl (C=S) groups is 1. The Morgan fingerprint density at radius 3 is 2.80 bits per heavy atom. The molecule has 3 rings (SSSR count). The second kappa shape index (κ2) is 9.55. The molecule has 1 aromatic rings. The molecule has 0 saturated carbocycles. The number of β-lactam (4-membered cyclic amide) rings is 1. The van der Waals surface area contributed by atoms with E-state index >= 15 is 0 Å². The average molecular weight is 511 g/mol. The standard InChI is InChI=1S/C18H15BrN4O5S2/c19-12-9-30-17-14(21-13(29)2-1-7-20)16(24)22(17)15(12)18(25)28-8-10-3-5-11(6-4-10)23(26)27/h3-6,14,17H,1-2,8-9H2,(H,21,29)/t14?,17-/m1/s1. The summed E-state index contributed by atoms with van der Waals surface area (Å²) in [6.45, 7) is -0.0830. The van der Waals surface area contributed by atoms with Gasteiger partial charge in [0, 0.05) is 35.2 Å². The number of nitro groups is 1. The van der Waals surface area contributed by atoms with Crippen LogP contribution in [0.2, 0.25) is 0 Å². The molecule has 2 heterocycles. The molecule has 12 heteroatoms. The van der Waals surface area contributed by atoms with Gasteiger partial charge in [-0.15, -0.1) is 11.8 Å². The third-order valence-electron chi connectivity index (χ3n) is 4.41. The Hall–Kier alpha value is -2.49. The molecule has 9 nitrogen and oxygen atoms in total. The molecule has 1 fully saturated rings. The van der Waals surface area contributed by atoms with Crippen molar-refractivity contribution in [3.63, 3.8) is 0 Å². The van der Waals surface area contributed by atoms with Crippen molar-refractivity contribution in [1.29, 1.82) is 5.26 Å². The van der Waals surface area contributed by atoms with E-state index in [1.54, 1.807) is 0 Å². The number of hydrogen-bond donors (Lipinski definition) is 1. The molecule has 1 unspecified atom stereocenters. The van der Waals surface area contributed by atoms with E-state index in [1.165, 1.54) is 40.9 Å². The zero-order valence-electron chi connectivity index (χ0n) is 15.4. The van der Waals surface area contributed by atoms with Gasteiger partial charge in [0.1, 0.15) is 23.7 Å². The summed E-state index contributed by atoms with van der Waals surface area (Å²) >= 11 is 10.00. The minimum absolute atomic E-state index is 0.0555. The lowest BCUT2D eigenvalue weighted by atomic mass is 10.0. The van der Waals surface area contributed by atoms with Crippen LogP contribution in [0.5, 0.6) is 0 Å². The summed E-state index contributed by atoms with van der Waals surface area (Å²) in [5, 5.41) is 22.0. The Labute approximate surface area is 189 Å². The molecule has 0 aromatic heterocycles. The summed E-state index contributed by atoms with van der Waals surface area (Å²) in [6.07, 6.45) is 0.636. The van der Waals surface area contributed by atoms with Crippen LogP contribution in [0, 0.1) is 21.4 Å². The lowest BCUT2D eigenvalue weighted by molar-refractivity contribution is -0.384. The van der Waals surface area contributed by atoms with Gasteiger partial charge in [-0.2, -0.15) is 5.26 Å². The van der Waals surface area contributed by atoms with E-state index in [1.807, 2.05) is 6.07 Å². The van der Waals surface area contributed by atoms with Gasteiger partial charge in [-0.3, -0.25) is 19.8 Å². The summed E-state index contributed by atoms with van der Waals surface area (Å²) in [7, 11) is 0. The number of nitro benzene ring substituents is 1. The molecule has 2 atom stereocenters. The van der Waals surface area contributed by atoms with Crippen molar-refractivity contribution in [1.82, 2.24) is 10.2 Å². The number of nitriles is 1. The van der Waals surface area contributed by atoms with Gasteiger partial charge in [0.25, 0.3) is 11.6 Å². The third-order valence-corrected chi connectivity index (χ3v) is 7.04. The van der Waals surface area contributed by atoms with Crippen LogP contribution in [0.4, 0.5) is 5.69 Å². The minimum Gasteiger partial charge on any atom is -0.456 e. The molecule has 0 aliphatic carbocycles. The van der Waals surface area contributed by atoms with Crippen LogP contribution in [0.15, 0.2) is 34.4 Å². The molecule has 0 radical (unpaired) electrons. The van der Waals surface area contributed by atoms with Crippen LogP contribution >= 0.6 is 39.9 Å². The Bertz CT molecular complexity index is 976. The van der Waals surface area contributed by atoms with E-state index in [9.17, 15) is 19.7 Å².